The highest BCUT2D eigenvalue weighted by atomic mass is 32.1. The predicted molar refractivity (Wildman–Crippen MR) is 81.8 cm³/mol. The van der Waals surface area contributed by atoms with Crippen LogP contribution in [0.25, 0.3) is 22.0 Å². The molecule has 2 nitrogen and oxygen atoms in total. The van der Waals surface area contributed by atoms with E-state index < -0.39 is 0 Å². The van der Waals surface area contributed by atoms with Crippen molar-refractivity contribution in [1.29, 1.82) is 0 Å². The lowest BCUT2D eigenvalue weighted by Crippen LogP contribution is -1.97. The first kappa shape index (κ1) is 12.9. The SMILES string of the molecule is Cc1cc(C)c(-c2n[nH]c(=S)c3ccccc23)c(F)c1. The predicted octanol–water partition coefficient (Wildman–Crippen LogP) is 4.72. The van der Waals surface area contributed by atoms with Crippen molar-refractivity contribution < 1.29 is 4.39 Å². The molecule has 1 N–H and O–H groups in total. The number of fused-ring (bicyclic) bond motifs is 1. The van der Waals surface area contributed by atoms with Gasteiger partial charge in [-0.3, -0.25) is 5.10 Å². The van der Waals surface area contributed by atoms with Gasteiger partial charge in [-0.25, -0.2) is 4.39 Å². The second kappa shape index (κ2) is 4.80. The molecular weight excluding hydrogens is 271 g/mol. The molecule has 3 aromatic rings. The minimum atomic E-state index is -0.259. The Morgan fingerprint density at radius 1 is 1.10 bits per heavy atom. The molecule has 100 valence electrons. The number of H-pyrrole nitrogens is 1. The number of aromatic amines is 1. The number of hydrogen-bond acceptors (Lipinski definition) is 2. The van der Waals surface area contributed by atoms with Gasteiger partial charge in [-0.1, -0.05) is 42.5 Å². The third-order valence-electron chi connectivity index (χ3n) is 3.36. The number of rotatable bonds is 1. The molecule has 1 heterocycles. The van der Waals surface area contributed by atoms with Gasteiger partial charge < -0.3 is 0 Å². The van der Waals surface area contributed by atoms with Crippen LogP contribution in [0.5, 0.6) is 0 Å². The zero-order chi connectivity index (χ0) is 14.3. The van der Waals surface area contributed by atoms with Crippen LogP contribution in [-0.4, -0.2) is 10.2 Å². The molecular formula is C16H13FN2S. The average molecular weight is 284 g/mol. The van der Waals surface area contributed by atoms with E-state index in [9.17, 15) is 4.39 Å². The number of nitrogens with zero attached hydrogens (tertiary/aromatic N) is 1. The maximum absolute atomic E-state index is 14.3. The molecule has 4 heteroatoms. The number of benzene rings is 2. The van der Waals surface area contributed by atoms with Gasteiger partial charge in [0.05, 0.1) is 0 Å². The van der Waals surface area contributed by atoms with Crippen LogP contribution < -0.4 is 0 Å². The standard InChI is InChI=1S/C16H13FN2S/c1-9-7-10(2)14(13(17)8-9)15-11-5-3-4-6-12(11)16(20)19-18-15/h3-8H,1-2H3,(H,19,20). The van der Waals surface area contributed by atoms with Gasteiger partial charge in [0.25, 0.3) is 0 Å². The van der Waals surface area contributed by atoms with Crippen LogP contribution in [0.4, 0.5) is 4.39 Å². The Hall–Kier alpha value is -2.07. The van der Waals surface area contributed by atoms with Crippen LogP contribution in [0.15, 0.2) is 36.4 Å². The summed E-state index contributed by atoms with van der Waals surface area (Å²) in [6.45, 7) is 3.77. The van der Waals surface area contributed by atoms with E-state index in [1.165, 1.54) is 6.07 Å². The Labute approximate surface area is 121 Å². The summed E-state index contributed by atoms with van der Waals surface area (Å²) in [6, 6.07) is 11.1. The molecule has 0 spiro atoms. The summed E-state index contributed by atoms with van der Waals surface area (Å²) in [5, 5.41) is 8.81. The van der Waals surface area contributed by atoms with Gasteiger partial charge in [0.15, 0.2) is 0 Å². The van der Waals surface area contributed by atoms with E-state index in [1.54, 1.807) is 0 Å². The van der Waals surface area contributed by atoms with Crippen molar-refractivity contribution in [3.63, 3.8) is 0 Å². The molecule has 3 rings (SSSR count). The summed E-state index contributed by atoms with van der Waals surface area (Å²) in [7, 11) is 0. The molecule has 0 amide bonds. The fourth-order valence-corrected chi connectivity index (χ4v) is 2.74. The smallest absolute Gasteiger partial charge is 0.133 e. The monoisotopic (exact) mass is 284 g/mol. The highest BCUT2D eigenvalue weighted by Crippen LogP contribution is 2.31. The first-order valence-electron chi connectivity index (χ1n) is 6.32. The second-order valence-electron chi connectivity index (χ2n) is 4.89. The highest BCUT2D eigenvalue weighted by molar-refractivity contribution is 7.71. The fraction of sp³-hybridized carbons (Fsp3) is 0.125. The third kappa shape index (κ3) is 2.02. The molecule has 2 aromatic carbocycles. The minimum Gasteiger partial charge on any atom is -0.267 e. The van der Waals surface area contributed by atoms with E-state index >= 15 is 0 Å². The summed E-state index contributed by atoms with van der Waals surface area (Å²) < 4.78 is 14.9. The lowest BCUT2D eigenvalue weighted by atomic mass is 9.99. The van der Waals surface area contributed by atoms with Crippen molar-refractivity contribution in [2.45, 2.75) is 13.8 Å². The number of aryl methyl sites for hydroxylation is 2. The number of nitrogens with one attached hydrogen (secondary N) is 1. The highest BCUT2D eigenvalue weighted by Gasteiger charge is 2.14. The van der Waals surface area contributed by atoms with Gasteiger partial charge in [-0.2, -0.15) is 5.10 Å². The first-order valence-corrected chi connectivity index (χ1v) is 6.73. The van der Waals surface area contributed by atoms with Crippen LogP contribution in [0.3, 0.4) is 0 Å². The Kier molecular flexibility index (Phi) is 3.10. The Morgan fingerprint density at radius 3 is 2.50 bits per heavy atom. The van der Waals surface area contributed by atoms with Crippen LogP contribution in [0, 0.1) is 24.3 Å². The Bertz CT molecular complexity index is 845. The molecule has 0 bridgehead atoms. The molecule has 1 aromatic heterocycles. The van der Waals surface area contributed by atoms with E-state index in [0.717, 1.165) is 21.9 Å². The molecule has 0 radical (unpaired) electrons. The molecule has 0 aliphatic carbocycles. The van der Waals surface area contributed by atoms with E-state index in [2.05, 4.69) is 10.2 Å². The summed E-state index contributed by atoms with van der Waals surface area (Å²) >= 11 is 5.24. The molecule has 0 atom stereocenters. The first-order chi connectivity index (χ1) is 9.58. The third-order valence-corrected chi connectivity index (χ3v) is 3.68. The molecule has 0 saturated carbocycles. The van der Waals surface area contributed by atoms with E-state index in [0.29, 0.717) is 15.9 Å². The molecule has 0 aliphatic rings. The van der Waals surface area contributed by atoms with Crippen molar-refractivity contribution in [3.05, 3.63) is 58.0 Å². The average Bonchev–Trinajstić information content (AvgIpc) is 2.40. The molecule has 0 saturated heterocycles. The molecule has 0 aliphatic heterocycles. The van der Waals surface area contributed by atoms with Crippen molar-refractivity contribution in [2.75, 3.05) is 0 Å². The maximum Gasteiger partial charge on any atom is 0.133 e. The maximum atomic E-state index is 14.3. The lowest BCUT2D eigenvalue weighted by molar-refractivity contribution is 0.628. The van der Waals surface area contributed by atoms with E-state index in [4.69, 9.17) is 12.2 Å². The second-order valence-corrected chi connectivity index (χ2v) is 5.29. The largest absolute Gasteiger partial charge is 0.267 e. The van der Waals surface area contributed by atoms with Crippen LogP contribution in [0.2, 0.25) is 0 Å². The molecule has 0 unspecified atom stereocenters. The van der Waals surface area contributed by atoms with Crippen molar-refractivity contribution >= 4 is 23.0 Å². The van der Waals surface area contributed by atoms with Crippen LogP contribution in [-0.2, 0) is 0 Å². The van der Waals surface area contributed by atoms with Crippen molar-refractivity contribution in [2.24, 2.45) is 0 Å². The van der Waals surface area contributed by atoms with Gasteiger partial charge >= 0.3 is 0 Å². The Balaban J connectivity index is 2.42. The van der Waals surface area contributed by atoms with Crippen molar-refractivity contribution in [1.82, 2.24) is 10.2 Å². The minimum absolute atomic E-state index is 0.259. The van der Waals surface area contributed by atoms with Crippen LogP contribution >= 0.6 is 12.2 Å². The molecule has 20 heavy (non-hydrogen) atoms. The summed E-state index contributed by atoms with van der Waals surface area (Å²) in [5.41, 5.74) is 2.89. The quantitative estimate of drug-likeness (QED) is 0.655. The van der Waals surface area contributed by atoms with Crippen LogP contribution in [0.1, 0.15) is 11.1 Å². The lowest BCUT2D eigenvalue weighted by Gasteiger charge is -2.10. The van der Waals surface area contributed by atoms with E-state index in [1.807, 2.05) is 44.2 Å². The number of aromatic nitrogens is 2. The summed E-state index contributed by atoms with van der Waals surface area (Å²) in [4.78, 5) is 0. The Morgan fingerprint density at radius 2 is 1.80 bits per heavy atom. The van der Waals surface area contributed by atoms with E-state index in [-0.39, 0.29) is 5.82 Å². The summed E-state index contributed by atoms with van der Waals surface area (Å²) in [6.07, 6.45) is 0. The molecule has 0 fully saturated rings. The zero-order valence-electron chi connectivity index (χ0n) is 11.2. The fourth-order valence-electron chi connectivity index (χ4n) is 2.52. The normalized spacial score (nSPS) is 10.9. The topological polar surface area (TPSA) is 28.7 Å². The summed E-state index contributed by atoms with van der Waals surface area (Å²) in [5.74, 6) is -0.259. The number of halogens is 1. The van der Waals surface area contributed by atoms with Gasteiger partial charge in [-0.05, 0) is 31.0 Å². The van der Waals surface area contributed by atoms with Gasteiger partial charge in [-0.15, -0.1) is 0 Å². The zero-order valence-corrected chi connectivity index (χ0v) is 12.0. The van der Waals surface area contributed by atoms with Gasteiger partial charge in [0, 0.05) is 16.3 Å². The van der Waals surface area contributed by atoms with Gasteiger partial charge in [0.2, 0.25) is 0 Å². The van der Waals surface area contributed by atoms with Gasteiger partial charge in [0.1, 0.15) is 16.2 Å². The van der Waals surface area contributed by atoms with Crippen molar-refractivity contribution in [3.8, 4) is 11.3 Å². The number of hydrogen-bond donors (Lipinski definition) is 1.